The van der Waals surface area contributed by atoms with E-state index in [2.05, 4.69) is 5.32 Å². The Labute approximate surface area is 161 Å². The zero-order valence-electron chi connectivity index (χ0n) is 15.4. The molecule has 1 N–H and O–H groups in total. The quantitative estimate of drug-likeness (QED) is 0.469. The first-order valence-corrected chi connectivity index (χ1v) is 8.62. The van der Waals surface area contributed by atoms with E-state index in [1.54, 1.807) is 48.5 Å². The number of carbonyl (C=O) groups excluding carboxylic acids is 3. The van der Waals surface area contributed by atoms with Crippen LogP contribution in [0.1, 0.15) is 29.8 Å². The first-order chi connectivity index (χ1) is 13.4. The van der Waals surface area contributed by atoms with Gasteiger partial charge in [0.05, 0.1) is 0 Å². The van der Waals surface area contributed by atoms with Crippen molar-refractivity contribution in [2.24, 2.45) is 0 Å². The summed E-state index contributed by atoms with van der Waals surface area (Å²) in [6.45, 7) is 3.08. The van der Waals surface area contributed by atoms with Crippen molar-refractivity contribution in [2.45, 2.75) is 20.0 Å². The van der Waals surface area contributed by atoms with Crippen LogP contribution in [0.15, 0.2) is 48.5 Å². The summed E-state index contributed by atoms with van der Waals surface area (Å²) in [6.07, 6.45) is 1.79. The summed E-state index contributed by atoms with van der Waals surface area (Å²) in [4.78, 5) is 35.6. The minimum atomic E-state index is -1.00. The van der Waals surface area contributed by atoms with Crippen molar-refractivity contribution >= 4 is 29.4 Å². The predicted molar refractivity (Wildman–Crippen MR) is 102 cm³/mol. The molecule has 0 fully saturated rings. The minimum Gasteiger partial charge on any atom is -0.454 e. The van der Waals surface area contributed by atoms with Crippen LogP contribution in [0.2, 0.25) is 0 Å². The summed E-state index contributed by atoms with van der Waals surface area (Å²) in [7, 11) is 0. The van der Waals surface area contributed by atoms with Crippen LogP contribution >= 0.6 is 0 Å². The van der Waals surface area contributed by atoms with Crippen molar-refractivity contribution in [3.63, 3.8) is 0 Å². The molecule has 7 heteroatoms. The number of benzene rings is 2. The lowest BCUT2D eigenvalue weighted by molar-refractivity contribution is -0.148. The summed E-state index contributed by atoms with van der Waals surface area (Å²) in [5.41, 5.74) is 1.67. The summed E-state index contributed by atoms with van der Waals surface area (Å²) in [5, 5.41) is 2.62. The molecule has 1 aliphatic rings. The van der Waals surface area contributed by atoms with Crippen molar-refractivity contribution in [3.8, 4) is 11.5 Å². The molecule has 1 heterocycles. The Kier molecular flexibility index (Phi) is 5.74. The summed E-state index contributed by atoms with van der Waals surface area (Å²) >= 11 is 0. The van der Waals surface area contributed by atoms with Gasteiger partial charge in [-0.05, 0) is 49.8 Å². The second-order valence-electron chi connectivity index (χ2n) is 6.15. The second kappa shape index (κ2) is 8.39. The van der Waals surface area contributed by atoms with Gasteiger partial charge >= 0.3 is 5.97 Å². The van der Waals surface area contributed by atoms with Crippen molar-refractivity contribution in [1.82, 2.24) is 0 Å². The van der Waals surface area contributed by atoms with Gasteiger partial charge in [0, 0.05) is 17.3 Å². The standard InChI is InChI=1S/C21H19NO6/c1-13(23)16-4-3-5-17(11-16)22-21(25)14(2)28-20(24)9-7-15-6-8-18-19(10-15)27-12-26-18/h3-11,14H,12H2,1-2H3,(H,22,25)/b9-7+/t14-/m1/s1. The van der Waals surface area contributed by atoms with E-state index in [0.717, 1.165) is 5.56 Å². The molecule has 2 aromatic rings. The number of nitrogens with one attached hydrogen (secondary N) is 1. The number of carbonyl (C=O) groups is 3. The minimum absolute atomic E-state index is 0.107. The Morgan fingerprint density at radius 3 is 2.68 bits per heavy atom. The Morgan fingerprint density at radius 2 is 1.89 bits per heavy atom. The van der Waals surface area contributed by atoms with Crippen LogP contribution in [0.3, 0.4) is 0 Å². The average molecular weight is 381 g/mol. The molecule has 2 aromatic carbocycles. The van der Waals surface area contributed by atoms with E-state index in [9.17, 15) is 14.4 Å². The molecule has 0 saturated heterocycles. The van der Waals surface area contributed by atoms with Gasteiger partial charge in [0.1, 0.15) is 0 Å². The van der Waals surface area contributed by atoms with Crippen LogP contribution in [0.5, 0.6) is 11.5 Å². The van der Waals surface area contributed by atoms with Crippen LogP contribution in [0.4, 0.5) is 5.69 Å². The number of amides is 1. The van der Waals surface area contributed by atoms with E-state index < -0.39 is 18.0 Å². The maximum atomic E-state index is 12.2. The third-order valence-electron chi connectivity index (χ3n) is 4.01. The van der Waals surface area contributed by atoms with Crippen LogP contribution < -0.4 is 14.8 Å². The van der Waals surface area contributed by atoms with Gasteiger partial charge < -0.3 is 19.5 Å². The molecule has 0 bridgehead atoms. The van der Waals surface area contributed by atoms with Gasteiger partial charge in [-0.2, -0.15) is 0 Å². The summed E-state index contributed by atoms with van der Waals surface area (Å²) < 4.78 is 15.6. The van der Waals surface area contributed by atoms with E-state index >= 15 is 0 Å². The molecule has 28 heavy (non-hydrogen) atoms. The number of hydrogen-bond acceptors (Lipinski definition) is 6. The number of rotatable bonds is 6. The highest BCUT2D eigenvalue weighted by molar-refractivity contribution is 5.99. The fraction of sp³-hybridized carbons (Fsp3) is 0.190. The largest absolute Gasteiger partial charge is 0.454 e. The van der Waals surface area contributed by atoms with Gasteiger partial charge in [0.25, 0.3) is 5.91 Å². The van der Waals surface area contributed by atoms with Crippen molar-refractivity contribution in [2.75, 3.05) is 12.1 Å². The SMILES string of the molecule is CC(=O)c1cccc(NC(=O)[C@@H](C)OC(=O)/C=C/c2ccc3c(c2)OCO3)c1. The molecule has 3 rings (SSSR count). The second-order valence-corrected chi connectivity index (χ2v) is 6.15. The van der Waals surface area contributed by atoms with E-state index in [-0.39, 0.29) is 12.6 Å². The third-order valence-corrected chi connectivity index (χ3v) is 4.01. The lowest BCUT2D eigenvalue weighted by Crippen LogP contribution is -2.29. The lowest BCUT2D eigenvalue weighted by Gasteiger charge is -2.12. The molecule has 1 amide bonds. The number of ether oxygens (including phenoxy) is 3. The molecular formula is C21H19NO6. The van der Waals surface area contributed by atoms with Gasteiger partial charge in [-0.3, -0.25) is 9.59 Å². The fourth-order valence-electron chi connectivity index (χ4n) is 2.51. The lowest BCUT2D eigenvalue weighted by atomic mass is 10.1. The van der Waals surface area contributed by atoms with Gasteiger partial charge in [-0.25, -0.2) is 4.79 Å². The van der Waals surface area contributed by atoms with Crippen molar-refractivity contribution in [3.05, 3.63) is 59.7 Å². The fourth-order valence-corrected chi connectivity index (χ4v) is 2.51. The summed E-state index contributed by atoms with van der Waals surface area (Å²) in [5.74, 6) is 0.00230. The molecule has 144 valence electrons. The maximum absolute atomic E-state index is 12.2. The summed E-state index contributed by atoms with van der Waals surface area (Å²) in [6, 6.07) is 11.8. The molecule has 0 aliphatic carbocycles. The number of hydrogen-bond donors (Lipinski definition) is 1. The van der Waals surface area contributed by atoms with Gasteiger partial charge in [0.2, 0.25) is 6.79 Å². The smallest absolute Gasteiger partial charge is 0.331 e. The topological polar surface area (TPSA) is 90.9 Å². The van der Waals surface area contributed by atoms with E-state index in [0.29, 0.717) is 22.7 Å². The normalized spacial score (nSPS) is 13.2. The molecule has 7 nitrogen and oxygen atoms in total. The van der Waals surface area contributed by atoms with E-state index in [1.165, 1.54) is 19.9 Å². The number of ketones is 1. The van der Waals surface area contributed by atoms with E-state index in [1.807, 2.05) is 0 Å². The molecule has 0 saturated carbocycles. The molecular weight excluding hydrogens is 362 g/mol. The Morgan fingerprint density at radius 1 is 1.11 bits per heavy atom. The Balaban J connectivity index is 1.55. The highest BCUT2D eigenvalue weighted by atomic mass is 16.7. The monoisotopic (exact) mass is 381 g/mol. The van der Waals surface area contributed by atoms with Crippen molar-refractivity contribution < 1.29 is 28.6 Å². The molecule has 1 aliphatic heterocycles. The van der Waals surface area contributed by atoms with Crippen LogP contribution in [-0.4, -0.2) is 30.6 Å². The molecule has 0 aromatic heterocycles. The zero-order valence-corrected chi connectivity index (χ0v) is 15.4. The maximum Gasteiger partial charge on any atom is 0.331 e. The first-order valence-electron chi connectivity index (χ1n) is 8.62. The van der Waals surface area contributed by atoms with Gasteiger partial charge in [-0.1, -0.05) is 18.2 Å². The highest BCUT2D eigenvalue weighted by Gasteiger charge is 2.17. The number of anilines is 1. The zero-order chi connectivity index (χ0) is 20.1. The first kappa shape index (κ1) is 19.2. The number of fused-ring (bicyclic) bond motifs is 1. The Bertz CT molecular complexity index is 950. The molecule has 1 atom stereocenters. The van der Waals surface area contributed by atoms with Crippen molar-refractivity contribution in [1.29, 1.82) is 0 Å². The molecule has 0 spiro atoms. The average Bonchev–Trinajstić information content (AvgIpc) is 3.14. The molecule has 0 radical (unpaired) electrons. The van der Waals surface area contributed by atoms with Crippen LogP contribution in [0.25, 0.3) is 6.08 Å². The highest BCUT2D eigenvalue weighted by Crippen LogP contribution is 2.32. The number of esters is 1. The third kappa shape index (κ3) is 4.76. The van der Waals surface area contributed by atoms with Gasteiger partial charge in [-0.15, -0.1) is 0 Å². The van der Waals surface area contributed by atoms with Crippen LogP contribution in [0, 0.1) is 0 Å². The van der Waals surface area contributed by atoms with Crippen LogP contribution in [-0.2, 0) is 14.3 Å². The van der Waals surface area contributed by atoms with Gasteiger partial charge in [0.15, 0.2) is 23.4 Å². The number of Topliss-reactive ketones (excluding diaryl/α,β-unsaturated/α-hetero) is 1. The predicted octanol–water partition coefficient (Wildman–Crippen LogP) is 3.20. The van der Waals surface area contributed by atoms with E-state index in [4.69, 9.17) is 14.2 Å². The molecule has 0 unspecified atom stereocenters. The Hall–Kier alpha value is -3.61.